The van der Waals surface area contributed by atoms with Gasteiger partial charge in [0.2, 0.25) is 0 Å². The number of phenolic OH excluding ortho intramolecular Hbond substituents is 3. The molecule has 0 amide bonds. The summed E-state index contributed by atoms with van der Waals surface area (Å²) in [5, 5.41) is 28.1. The zero-order valence-corrected chi connectivity index (χ0v) is 18.7. The summed E-state index contributed by atoms with van der Waals surface area (Å²) in [6.07, 6.45) is 0. The summed E-state index contributed by atoms with van der Waals surface area (Å²) in [4.78, 5) is 22.7. The van der Waals surface area contributed by atoms with Crippen LogP contribution in [0, 0.1) is 20.8 Å². The lowest BCUT2D eigenvalue weighted by Gasteiger charge is -2.08. The third-order valence-electron chi connectivity index (χ3n) is 3.72. The molecular weight excluding hydrogens is 388 g/mol. The van der Waals surface area contributed by atoms with Crippen molar-refractivity contribution in [3.63, 3.8) is 0 Å². The van der Waals surface area contributed by atoms with Gasteiger partial charge in [-0.05, 0) is 63.4 Å². The van der Waals surface area contributed by atoms with Crippen LogP contribution < -0.4 is 0 Å². The molecule has 0 aliphatic rings. The topological polar surface area (TPSA) is 113 Å². The summed E-state index contributed by atoms with van der Waals surface area (Å²) in [5.74, 6) is -1.40. The molecule has 2 rings (SSSR count). The maximum Gasteiger partial charge on any atom is 0.342 e. The SMILES string of the molecule is CC.CCOC(=O)c1c(C)cc(C)cc1O.CCOC(=O)c1c(C)cc(O)cc1O. The highest BCUT2D eigenvalue weighted by Crippen LogP contribution is 2.27. The number of hydrogen-bond acceptors (Lipinski definition) is 7. The van der Waals surface area contributed by atoms with Crippen LogP contribution in [0.2, 0.25) is 0 Å². The van der Waals surface area contributed by atoms with Crippen molar-refractivity contribution >= 4 is 11.9 Å². The first kappa shape index (κ1) is 26.8. The van der Waals surface area contributed by atoms with Crippen LogP contribution in [-0.2, 0) is 9.47 Å². The van der Waals surface area contributed by atoms with Crippen LogP contribution in [0.4, 0.5) is 0 Å². The van der Waals surface area contributed by atoms with Gasteiger partial charge in [-0.3, -0.25) is 0 Å². The van der Waals surface area contributed by atoms with E-state index in [1.54, 1.807) is 33.8 Å². The molecule has 3 N–H and O–H groups in total. The van der Waals surface area contributed by atoms with Gasteiger partial charge in [-0.25, -0.2) is 9.59 Å². The number of carbonyl (C=O) groups is 2. The van der Waals surface area contributed by atoms with E-state index in [1.165, 1.54) is 6.07 Å². The number of esters is 2. The predicted octanol–water partition coefficient (Wildman–Crippen LogP) is 4.79. The van der Waals surface area contributed by atoms with Crippen LogP contribution in [0.1, 0.15) is 65.1 Å². The molecule has 0 aromatic heterocycles. The second kappa shape index (κ2) is 13.1. The molecule has 166 valence electrons. The van der Waals surface area contributed by atoms with Gasteiger partial charge in [-0.15, -0.1) is 0 Å². The fraction of sp³-hybridized carbons (Fsp3) is 0.391. The molecule has 7 heteroatoms. The molecular formula is C23H32O7. The smallest absolute Gasteiger partial charge is 0.342 e. The maximum atomic E-state index is 11.4. The fourth-order valence-electron chi connectivity index (χ4n) is 2.63. The molecule has 0 aliphatic heterocycles. The Kier molecular flexibility index (Phi) is 11.7. The normalized spacial score (nSPS) is 9.43. The number of ether oxygens (including phenoxy) is 2. The van der Waals surface area contributed by atoms with Crippen molar-refractivity contribution in [2.75, 3.05) is 13.2 Å². The third kappa shape index (κ3) is 7.66. The van der Waals surface area contributed by atoms with E-state index < -0.39 is 11.9 Å². The lowest BCUT2D eigenvalue weighted by atomic mass is 10.0. The van der Waals surface area contributed by atoms with Crippen molar-refractivity contribution in [2.45, 2.75) is 48.5 Å². The van der Waals surface area contributed by atoms with Gasteiger partial charge in [0.15, 0.2) is 0 Å². The molecule has 0 atom stereocenters. The van der Waals surface area contributed by atoms with Crippen LogP contribution in [-0.4, -0.2) is 40.5 Å². The Bertz CT molecular complexity index is 739. The van der Waals surface area contributed by atoms with E-state index >= 15 is 0 Å². The minimum absolute atomic E-state index is 0.0130. The van der Waals surface area contributed by atoms with Gasteiger partial charge in [0, 0.05) is 6.07 Å². The van der Waals surface area contributed by atoms with Crippen LogP contribution in [0.5, 0.6) is 17.2 Å². The van der Waals surface area contributed by atoms with Gasteiger partial charge < -0.3 is 24.8 Å². The number of rotatable bonds is 4. The minimum atomic E-state index is -0.581. The molecule has 0 heterocycles. The average Bonchev–Trinajstić information content (AvgIpc) is 2.62. The summed E-state index contributed by atoms with van der Waals surface area (Å²) in [6.45, 7) is 13.2. The molecule has 0 spiro atoms. The van der Waals surface area contributed by atoms with Gasteiger partial charge in [0.25, 0.3) is 0 Å². The molecule has 0 fully saturated rings. The first-order chi connectivity index (χ1) is 14.1. The minimum Gasteiger partial charge on any atom is -0.508 e. The summed E-state index contributed by atoms with van der Waals surface area (Å²) in [6, 6.07) is 5.90. The molecule has 0 unspecified atom stereocenters. The molecule has 0 radical (unpaired) electrons. The lowest BCUT2D eigenvalue weighted by Crippen LogP contribution is -2.07. The van der Waals surface area contributed by atoms with Crippen LogP contribution >= 0.6 is 0 Å². The molecule has 7 nitrogen and oxygen atoms in total. The Morgan fingerprint density at radius 1 is 0.733 bits per heavy atom. The highest BCUT2D eigenvalue weighted by Gasteiger charge is 2.16. The third-order valence-corrected chi connectivity index (χ3v) is 3.72. The number of aromatic hydroxyl groups is 3. The van der Waals surface area contributed by atoms with Gasteiger partial charge in [0.05, 0.1) is 13.2 Å². The average molecular weight is 421 g/mol. The highest BCUT2D eigenvalue weighted by atomic mass is 16.5. The van der Waals surface area contributed by atoms with E-state index in [4.69, 9.17) is 14.6 Å². The monoisotopic (exact) mass is 420 g/mol. The molecule has 2 aromatic rings. The summed E-state index contributed by atoms with van der Waals surface area (Å²) >= 11 is 0. The first-order valence-corrected chi connectivity index (χ1v) is 9.79. The van der Waals surface area contributed by atoms with Crippen molar-refractivity contribution in [3.8, 4) is 17.2 Å². The standard InChI is InChI=1S/C11H14O3.C10H12O4.C2H6/c1-4-14-11(13)10-8(3)5-7(2)6-9(10)12;1-3-14-10(13)9-6(2)4-7(11)5-8(9)12;1-2/h5-6,12H,4H2,1-3H3;4-5,11-12H,3H2,1-2H3;1-2H3. The lowest BCUT2D eigenvalue weighted by molar-refractivity contribution is 0.0512. The predicted molar refractivity (Wildman–Crippen MR) is 115 cm³/mol. The summed E-state index contributed by atoms with van der Waals surface area (Å²) in [7, 11) is 0. The van der Waals surface area contributed by atoms with E-state index in [1.807, 2.05) is 26.8 Å². The first-order valence-electron chi connectivity index (χ1n) is 9.79. The van der Waals surface area contributed by atoms with Crippen LogP contribution in [0.25, 0.3) is 0 Å². The van der Waals surface area contributed by atoms with Crippen molar-refractivity contribution in [3.05, 3.63) is 52.1 Å². The Labute approximate surface area is 177 Å². The molecule has 2 aromatic carbocycles. The van der Waals surface area contributed by atoms with Crippen molar-refractivity contribution in [1.82, 2.24) is 0 Å². The Morgan fingerprint density at radius 2 is 1.13 bits per heavy atom. The van der Waals surface area contributed by atoms with Gasteiger partial charge in [0.1, 0.15) is 28.4 Å². The number of hydrogen-bond donors (Lipinski definition) is 3. The fourth-order valence-corrected chi connectivity index (χ4v) is 2.63. The second-order valence-corrected chi connectivity index (χ2v) is 6.07. The van der Waals surface area contributed by atoms with E-state index in [9.17, 15) is 19.8 Å². The van der Waals surface area contributed by atoms with Crippen molar-refractivity contribution in [1.29, 1.82) is 0 Å². The quantitative estimate of drug-likeness (QED) is 0.609. The molecule has 30 heavy (non-hydrogen) atoms. The summed E-state index contributed by atoms with van der Waals surface area (Å²) < 4.78 is 9.58. The Hall–Kier alpha value is -3.22. The van der Waals surface area contributed by atoms with Gasteiger partial charge >= 0.3 is 11.9 Å². The van der Waals surface area contributed by atoms with Crippen molar-refractivity contribution in [2.24, 2.45) is 0 Å². The van der Waals surface area contributed by atoms with Gasteiger partial charge in [-0.2, -0.15) is 0 Å². The van der Waals surface area contributed by atoms with Crippen LogP contribution in [0.3, 0.4) is 0 Å². The number of aryl methyl sites for hydroxylation is 3. The van der Waals surface area contributed by atoms with Crippen LogP contribution in [0.15, 0.2) is 24.3 Å². The molecule has 0 bridgehead atoms. The summed E-state index contributed by atoms with van der Waals surface area (Å²) in [5.41, 5.74) is 2.51. The number of phenols is 3. The van der Waals surface area contributed by atoms with E-state index in [2.05, 4.69) is 0 Å². The zero-order chi connectivity index (χ0) is 23.4. The molecule has 0 aliphatic carbocycles. The highest BCUT2D eigenvalue weighted by molar-refractivity contribution is 5.94. The Morgan fingerprint density at radius 3 is 1.50 bits per heavy atom. The Balaban J connectivity index is 0.000000518. The van der Waals surface area contributed by atoms with E-state index in [0.717, 1.165) is 17.2 Å². The van der Waals surface area contributed by atoms with Crippen molar-refractivity contribution < 1.29 is 34.4 Å². The zero-order valence-electron chi connectivity index (χ0n) is 18.7. The number of benzene rings is 2. The number of carbonyl (C=O) groups excluding carboxylic acids is 2. The molecule has 0 saturated carbocycles. The maximum absolute atomic E-state index is 11.4. The largest absolute Gasteiger partial charge is 0.508 e. The van der Waals surface area contributed by atoms with E-state index in [0.29, 0.717) is 12.2 Å². The molecule has 0 saturated heterocycles. The second-order valence-electron chi connectivity index (χ2n) is 6.07. The van der Waals surface area contributed by atoms with E-state index in [-0.39, 0.29) is 35.0 Å². The van der Waals surface area contributed by atoms with Gasteiger partial charge in [-0.1, -0.05) is 19.9 Å².